The fraction of sp³-hybridized carbons (Fsp3) is 0.455. The van der Waals surface area contributed by atoms with Crippen LogP contribution < -0.4 is 11.1 Å². The quantitative estimate of drug-likeness (QED) is 0.679. The second kappa shape index (κ2) is 2.66. The molecule has 0 bridgehead atoms. The van der Waals surface area contributed by atoms with Crippen molar-refractivity contribution in [2.45, 2.75) is 32.2 Å². The van der Waals surface area contributed by atoms with Crippen LogP contribution in [-0.4, -0.2) is 5.54 Å². The summed E-state index contributed by atoms with van der Waals surface area (Å²) in [7, 11) is 0. The molecule has 0 spiro atoms. The zero-order valence-corrected chi connectivity index (χ0v) is 8.22. The fourth-order valence-corrected chi connectivity index (χ4v) is 1.48. The number of hydrogen-bond donors (Lipinski definition) is 2. The Balaban J connectivity index is 2.28. The van der Waals surface area contributed by atoms with Gasteiger partial charge in [-0.2, -0.15) is 0 Å². The monoisotopic (exact) mass is 176 g/mol. The highest BCUT2D eigenvalue weighted by Gasteiger charge is 2.37. The minimum atomic E-state index is 0.306. The molecule has 1 saturated carbocycles. The zero-order valence-electron chi connectivity index (χ0n) is 8.22. The van der Waals surface area contributed by atoms with Gasteiger partial charge in [0, 0.05) is 5.54 Å². The van der Waals surface area contributed by atoms with Crippen molar-refractivity contribution in [1.82, 2.24) is 0 Å². The van der Waals surface area contributed by atoms with E-state index in [2.05, 4.69) is 25.2 Å². The molecule has 0 heterocycles. The first-order valence-corrected chi connectivity index (χ1v) is 4.74. The Bertz CT molecular complexity index is 307. The van der Waals surface area contributed by atoms with Gasteiger partial charge in [0.2, 0.25) is 0 Å². The van der Waals surface area contributed by atoms with E-state index >= 15 is 0 Å². The van der Waals surface area contributed by atoms with E-state index in [1.165, 1.54) is 18.4 Å². The fourth-order valence-electron chi connectivity index (χ4n) is 1.48. The number of benzene rings is 1. The van der Waals surface area contributed by atoms with Crippen molar-refractivity contribution in [3.05, 3.63) is 23.8 Å². The van der Waals surface area contributed by atoms with E-state index in [-0.39, 0.29) is 0 Å². The van der Waals surface area contributed by atoms with Gasteiger partial charge in [-0.25, -0.2) is 0 Å². The summed E-state index contributed by atoms with van der Waals surface area (Å²) in [5.74, 6) is 0. The smallest absolute Gasteiger partial charge is 0.0607 e. The molecule has 0 unspecified atom stereocenters. The SMILES string of the molecule is Cc1cccc(N)c1NC1(C)CC1. The van der Waals surface area contributed by atoms with Crippen molar-refractivity contribution in [2.75, 3.05) is 11.1 Å². The highest BCUT2D eigenvalue weighted by atomic mass is 15.0. The van der Waals surface area contributed by atoms with Crippen LogP contribution in [0.1, 0.15) is 25.3 Å². The second-order valence-corrected chi connectivity index (χ2v) is 4.22. The highest BCUT2D eigenvalue weighted by Crippen LogP contribution is 2.40. The van der Waals surface area contributed by atoms with Gasteiger partial charge < -0.3 is 11.1 Å². The topological polar surface area (TPSA) is 38.0 Å². The standard InChI is InChI=1S/C11H16N2/c1-8-4-3-5-9(12)10(8)13-11(2)6-7-11/h3-5,13H,6-7,12H2,1-2H3. The first-order valence-electron chi connectivity index (χ1n) is 4.74. The largest absolute Gasteiger partial charge is 0.397 e. The minimum absolute atomic E-state index is 0.306. The van der Waals surface area contributed by atoms with Crippen molar-refractivity contribution in [2.24, 2.45) is 0 Å². The molecule has 70 valence electrons. The van der Waals surface area contributed by atoms with Gasteiger partial charge >= 0.3 is 0 Å². The van der Waals surface area contributed by atoms with Gasteiger partial charge in [-0.1, -0.05) is 12.1 Å². The first-order chi connectivity index (χ1) is 6.11. The molecule has 2 heteroatoms. The number of para-hydroxylation sites is 1. The molecule has 1 aromatic carbocycles. The van der Waals surface area contributed by atoms with Crippen LogP contribution in [0.3, 0.4) is 0 Å². The maximum Gasteiger partial charge on any atom is 0.0607 e. The summed E-state index contributed by atoms with van der Waals surface area (Å²) in [4.78, 5) is 0. The Labute approximate surface area is 79.1 Å². The number of hydrogen-bond acceptors (Lipinski definition) is 2. The number of anilines is 2. The lowest BCUT2D eigenvalue weighted by Crippen LogP contribution is -2.17. The van der Waals surface area contributed by atoms with Crippen molar-refractivity contribution in [3.63, 3.8) is 0 Å². The third kappa shape index (κ3) is 1.62. The average molecular weight is 176 g/mol. The Morgan fingerprint density at radius 2 is 2.08 bits per heavy atom. The Kier molecular flexibility index (Phi) is 1.72. The lowest BCUT2D eigenvalue weighted by Gasteiger charge is -2.17. The number of rotatable bonds is 2. The molecule has 3 N–H and O–H groups in total. The Hall–Kier alpha value is -1.18. The van der Waals surface area contributed by atoms with Gasteiger partial charge in [-0.3, -0.25) is 0 Å². The lowest BCUT2D eigenvalue weighted by atomic mass is 10.1. The van der Waals surface area contributed by atoms with Gasteiger partial charge in [-0.05, 0) is 38.3 Å². The predicted octanol–water partition coefficient (Wildman–Crippen LogP) is 2.54. The van der Waals surface area contributed by atoms with Crippen LogP contribution in [-0.2, 0) is 0 Å². The number of nitrogens with one attached hydrogen (secondary N) is 1. The van der Waals surface area contributed by atoms with Crippen molar-refractivity contribution in [1.29, 1.82) is 0 Å². The zero-order chi connectivity index (χ0) is 9.47. The molecular formula is C11H16N2. The van der Waals surface area contributed by atoms with E-state index < -0.39 is 0 Å². The predicted molar refractivity (Wildman–Crippen MR) is 56.9 cm³/mol. The third-order valence-electron chi connectivity index (χ3n) is 2.73. The number of nitrogen functional groups attached to an aromatic ring is 1. The van der Waals surface area contributed by atoms with Crippen LogP contribution in [0.4, 0.5) is 11.4 Å². The average Bonchev–Trinajstić information content (AvgIpc) is 2.78. The molecule has 1 fully saturated rings. The van der Waals surface area contributed by atoms with E-state index in [1.807, 2.05) is 12.1 Å². The molecule has 0 saturated heterocycles. The minimum Gasteiger partial charge on any atom is -0.397 e. The van der Waals surface area contributed by atoms with Crippen LogP contribution in [0.5, 0.6) is 0 Å². The molecule has 0 aromatic heterocycles. The van der Waals surface area contributed by atoms with Gasteiger partial charge in [0.15, 0.2) is 0 Å². The summed E-state index contributed by atoms with van der Waals surface area (Å²) in [6, 6.07) is 6.02. The van der Waals surface area contributed by atoms with Crippen molar-refractivity contribution >= 4 is 11.4 Å². The second-order valence-electron chi connectivity index (χ2n) is 4.22. The summed E-state index contributed by atoms with van der Waals surface area (Å²) < 4.78 is 0. The normalized spacial score (nSPS) is 18.3. The molecule has 1 aliphatic rings. The molecule has 13 heavy (non-hydrogen) atoms. The van der Waals surface area contributed by atoms with Gasteiger partial charge in [0.25, 0.3) is 0 Å². The summed E-state index contributed by atoms with van der Waals surface area (Å²) in [6.45, 7) is 4.32. The third-order valence-corrected chi connectivity index (χ3v) is 2.73. The van der Waals surface area contributed by atoms with Gasteiger partial charge in [0.1, 0.15) is 0 Å². The lowest BCUT2D eigenvalue weighted by molar-refractivity contribution is 0.828. The molecule has 2 nitrogen and oxygen atoms in total. The number of nitrogens with two attached hydrogens (primary N) is 1. The van der Waals surface area contributed by atoms with Crippen LogP contribution in [0.25, 0.3) is 0 Å². The van der Waals surface area contributed by atoms with Gasteiger partial charge in [0.05, 0.1) is 11.4 Å². The van der Waals surface area contributed by atoms with Crippen molar-refractivity contribution < 1.29 is 0 Å². The molecule has 1 aromatic rings. The Morgan fingerprint density at radius 3 is 2.62 bits per heavy atom. The van der Waals surface area contributed by atoms with E-state index in [4.69, 9.17) is 5.73 Å². The maximum absolute atomic E-state index is 5.89. The summed E-state index contributed by atoms with van der Waals surface area (Å²) >= 11 is 0. The first kappa shape index (κ1) is 8.42. The molecule has 0 amide bonds. The molecule has 1 aliphatic carbocycles. The molecule has 0 aliphatic heterocycles. The van der Waals surface area contributed by atoms with E-state index in [0.29, 0.717) is 5.54 Å². The van der Waals surface area contributed by atoms with Crippen LogP contribution in [0.15, 0.2) is 18.2 Å². The Morgan fingerprint density at radius 1 is 1.38 bits per heavy atom. The van der Waals surface area contributed by atoms with Crippen LogP contribution >= 0.6 is 0 Å². The summed E-state index contributed by atoms with van der Waals surface area (Å²) in [5, 5.41) is 3.50. The highest BCUT2D eigenvalue weighted by molar-refractivity contribution is 5.71. The van der Waals surface area contributed by atoms with Gasteiger partial charge in [-0.15, -0.1) is 0 Å². The van der Waals surface area contributed by atoms with E-state index in [1.54, 1.807) is 0 Å². The summed E-state index contributed by atoms with van der Waals surface area (Å²) in [5.41, 5.74) is 9.40. The van der Waals surface area contributed by atoms with Crippen LogP contribution in [0.2, 0.25) is 0 Å². The molecule has 0 radical (unpaired) electrons. The summed E-state index contributed by atoms with van der Waals surface area (Å²) in [6.07, 6.45) is 2.50. The van der Waals surface area contributed by atoms with E-state index in [0.717, 1.165) is 11.4 Å². The van der Waals surface area contributed by atoms with E-state index in [9.17, 15) is 0 Å². The van der Waals surface area contributed by atoms with Crippen LogP contribution in [0, 0.1) is 6.92 Å². The van der Waals surface area contributed by atoms with Crippen molar-refractivity contribution in [3.8, 4) is 0 Å². The molecule has 0 atom stereocenters. The molecule has 2 rings (SSSR count). The molecular weight excluding hydrogens is 160 g/mol. The maximum atomic E-state index is 5.89. The number of aryl methyl sites for hydroxylation is 1.